The molecule has 1 N–H and O–H groups in total. The molecule has 0 saturated heterocycles. The molecule has 0 aliphatic carbocycles. The molecule has 1 unspecified atom stereocenters. The molecule has 0 aliphatic heterocycles. The van der Waals surface area contributed by atoms with Crippen LogP contribution in [0.5, 0.6) is 0 Å². The highest BCUT2D eigenvalue weighted by atomic mass is 79.9. The number of furan rings is 1. The van der Waals surface area contributed by atoms with Gasteiger partial charge in [-0.2, -0.15) is 0 Å². The first kappa shape index (κ1) is 10.9. The molecule has 2 aromatic heterocycles. The van der Waals surface area contributed by atoms with Crippen molar-refractivity contribution in [3.05, 3.63) is 38.6 Å². The van der Waals surface area contributed by atoms with Crippen molar-refractivity contribution in [2.75, 3.05) is 0 Å². The van der Waals surface area contributed by atoms with Gasteiger partial charge in [0.05, 0.1) is 0 Å². The Bertz CT molecular complexity index is 452. The maximum absolute atomic E-state index is 9.95. The number of aliphatic hydroxyl groups is 1. The van der Waals surface area contributed by atoms with Crippen molar-refractivity contribution in [1.82, 2.24) is 4.98 Å². The lowest BCUT2D eigenvalue weighted by atomic mass is 10.3. The lowest BCUT2D eigenvalue weighted by Crippen LogP contribution is -1.96. The zero-order valence-electron chi connectivity index (χ0n) is 8.11. The van der Waals surface area contributed by atoms with E-state index in [0.717, 1.165) is 16.8 Å². The minimum Gasteiger partial charge on any atom is -0.463 e. The molecule has 2 heterocycles. The average molecular weight is 288 g/mol. The van der Waals surface area contributed by atoms with Crippen molar-refractivity contribution in [3.63, 3.8) is 0 Å². The normalized spacial score (nSPS) is 13.0. The van der Waals surface area contributed by atoms with E-state index in [0.29, 0.717) is 10.8 Å². The Morgan fingerprint density at radius 2 is 2.40 bits per heavy atom. The SMILES string of the molecule is CCc1ccc(C(O)c2nc(Br)cs2)o1. The Hall–Kier alpha value is -0.650. The monoisotopic (exact) mass is 287 g/mol. The Morgan fingerprint density at radius 1 is 1.60 bits per heavy atom. The maximum atomic E-state index is 9.95. The van der Waals surface area contributed by atoms with Crippen LogP contribution in [0.25, 0.3) is 0 Å². The van der Waals surface area contributed by atoms with Gasteiger partial charge >= 0.3 is 0 Å². The third-order valence-corrected chi connectivity index (χ3v) is 3.63. The molecule has 2 rings (SSSR count). The third-order valence-electron chi connectivity index (χ3n) is 2.03. The van der Waals surface area contributed by atoms with E-state index in [-0.39, 0.29) is 0 Å². The Balaban J connectivity index is 2.23. The van der Waals surface area contributed by atoms with Crippen LogP contribution in [0.15, 0.2) is 26.5 Å². The van der Waals surface area contributed by atoms with Crippen molar-refractivity contribution in [2.45, 2.75) is 19.4 Å². The van der Waals surface area contributed by atoms with Crippen LogP contribution in [0, 0.1) is 0 Å². The second kappa shape index (κ2) is 4.47. The number of aromatic nitrogens is 1. The number of aryl methyl sites for hydroxylation is 1. The van der Waals surface area contributed by atoms with Gasteiger partial charge < -0.3 is 9.52 Å². The van der Waals surface area contributed by atoms with E-state index in [1.54, 1.807) is 6.07 Å². The lowest BCUT2D eigenvalue weighted by molar-refractivity contribution is 0.186. The van der Waals surface area contributed by atoms with Crippen molar-refractivity contribution in [3.8, 4) is 0 Å². The second-order valence-electron chi connectivity index (χ2n) is 3.07. The molecule has 0 fully saturated rings. The van der Waals surface area contributed by atoms with E-state index in [9.17, 15) is 5.11 Å². The van der Waals surface area contributed by atoms with Crippen LogP contribution in [-0.2, 0) is 6.42 Å². The van der Waals surface area contributed by atoms with Gasteiger partial charge in [-0.1, -0.05) is 6.92 Å². The van der Waals surface area contributed by atoms with Gasteiger partial charge in [-0.15, -0.1) is 11.3 Å². The number of thiazole rings is 1. The highest BCUT2D eigenvalue weighted by Gasteiger charge is 2.17. The minimum atomic E-state index is -0.762. The molecule has 5 heteroatoms. The summed E-state index contributed by atoms with van der Waals surface area (Å²) < 4.78 is 6.20. The van der Waals surface area contributed by atoms with Crippen LogP contribution in [0.2, 0.25) is 0 Å². The summed E-state index contributed by atoms with van der Waals surface area (Å²) in [6, 6.07) is 3.67. The molecule has 3 nitrogen and oxygen atoms in total. The number of hydrogen-bond acceptors (Lipinski definition) is 4. The predicted molar refractivity (Wildman–Crippen MR) is 62.0 cm³/mol. The van der Waals surface area contributed by atoms with Crippen LogP contribution < -0.4 is 0 Å². The molecular weight excluding hydrogens is 278 g/mol. The number of aliphatic hydroxyl groups excluding tert-OH is 1. The summed E-state index contributed by atoms with van der Waals surface area (Å²) in [7, 11) is 0. The van der Waals surface area contributed by atoms with Crippen LogP contribution in [-0.4, -0.2) is 10.1 Å². The molecule has 80 valence electrons. The van der Waals surface area contributed by atoms with Crippen LogP contribution >= 0.6 is 27.3 Å². The maximum Gasteiger partial charge on any atom is 0.163 e. The minimum absolute atomic E-state index is 0.550. The summed E-state index contributed by atoms with van der Waals surface area (Å²) in [4.78, 5) is 4.15. The first-order chi connectivity index (χ1) is 7.20. The van der Waals surface area contributed by atoms with Crippen molar-refractivity contribution >= 4 is 27.3 Å². The first-order valence-corrected chi connectivity index (χ1v) is 6.25. The fraction of sp³-hybridized carbons (Fsp3) is 0.300. The number of rotatable bonds is 3. The average Bonchev–Trinajstić information content (AvgIpc) is 2.84. The smallest absolute Gasteiger partial charge is 0.163 e. The Labute approximate surface area is 99.9 Å². The highest BCUT2D eigenvalue weighted by Crippen LogP contribution is 2.27. The third kappa shape index (κ3) is 2.30. The van der Waals surface area contributed by atoms with Gasteiger partial charge in [-0.05, 0) is 28.1 Å². The predicted octanol–water partition coefficient (Wildman–Crippen LogP) is 3.14. The summed E-state index contributed by atoms with van der Waals surface area (Å²) in [5, 5.41) is 12.4. The number of hydrogen-bond donors (Lipinski definition) is 1. The van der Waals surface area contributed by atoms with Crippen LogP contribution in [0.4, 0.5) is 0 Å². The second-order valence-corrected chi connectivity index (χ2v) is 4.77. The molecule has 0 saturated carbocycles. The number of nitrogens with zero attached hydrogens (tertiary/aromatic N) is 1. The van der Waals surface area contributed by atoms with Gasteiger partial charge in [0.25, 0.3) is 0 Å². The quantitative estimate of drug-likeness (QED) is 0.943. The lowest BCUT2D eigenvalue weighted by Gasteiger charge is -2.02. The van der Waals surface area contributed by atoms with Gasteiger partial charge in [0.1, 0.15) is 21.1 Å². The van der Waals surface area contributed by atoms with E-state index in [2.05, 4.69) is 20.9 Å². The van der Waals surface area contributed by atoms with Crippen molar-refractivity contribution in [2.24, 2.45) is 0 Å². The molecule has 0 aromatic carbocycles. The van der Waals surface area contributed by atoms with E-state index < -0.39 is 6.10 Å². The fourth-order valence-electron chi connectivity index (χ4n) is 1.25. The summed E-state index contributed by atoms with van der Waals surface area (Å²) in [5.41, 5.74) is 0. The molecule has 1 atom stereocenters. The molecule has 0 amide bonds. The van der Waals surface area contributed by atoms with E-state index >= 15 is 0 Å². The standard InChI is InChI=1S/C10H10BrNO2S/c1-2-6-3-4-7(14-6)9(13)10-12-8(11)5-15-10/h3-5,9,13H,2H2,1H3. The van der Waals surface area contributed by atoms with E-state index in [4.69, 9.17) is 4.42 Å². The molecular formula is C10H10BrNO2S. The Morgan fingerprint density at radius 3 is 2.93 bits per heavy atom. The van der Waals surface area contributed by atoms with Crippen molar-refractivity contribution < 1.29 is 9.52 Å². The topological polar surface area (TPSA) is 46.3 Å². The largest absolute Gasteiger partial charge is 0.463 e. The van der Waals surface area contributed by atoms with Crippen LogP contribution in [0.1, 0.15) is 29.6 Å². The molecule has 2 aromatic rings. The summed E-state index contributed by atoms with van der Waals surface area (Å²) >= 11 is 4.65. The van der Waals surface area contributed by atoms with Gasteiger partial charge in [-0.3, -0.25) is 0 Å². The van der Waals surface area contributed by atoms with Gasteiger partial charge in [0.2, 0.25) is 0 Å². The molecule has 15 heavy (non-hydrogen) atoms. The fourth-order valence-corrected chi connectivity index (χ4v) is 2.50. The van der Waals surface area contributed by atoms with Gasteiger partial charge in [-0.25, -0.2) is 4.98 Å². The van der Waals surface area contributed by atoms with Gasteiger partial charge in [0.15, 0.2) is 6.10 Å². The highest BCUT2D eigenvalue weighted by molar-refractivity contribution is 9.10. The molecule has 0 aliphatic rings. The van der Waals surface area contributed by atoms with Crippen molar-refractivity contribution in [1.29, 1.82) is 0 Å². The molecule has 0 radical (unpaired) electrons. The number of halogens is 1. The van der Waals surface area contributed by atoms with Crippen LogP contribution in [0.3, 0.4) is 0 Å². The molecule has 0 bridgehead atoms. The zero-order chi connectivity index (χ0) is 10.8. The van der Waals surface area contributed by atoms with E-state index in [1.165, 1.54) is 11.3 Å². The Kier molecular flexibility index (Phi) is 3.23. The zero-order valence-corrected chi connectivity index (χ0v) is 10.5. The molecule has 0 spiro atoms. The van der Waals surface area contributed by atoms with E-state index in [1.807, 2.05) is 18.4 Å². The summed E-state index contributed by atoms with van der Waals surface area (Å²) in [6.45, 7) is 2.01. The summed E-state index contributed by atoms with van der Waals surface area (Å²) in [5.74, 6) is 1.42. The van der Waals surface area contributed by atoms with Gasteiger partial charge in [0, 0.05) is 11.8 Å². The summed E-state index contributed by atoms with van der Waals surface area (Å²) in [6.07, 6.45) is 0.0653. The first-order valence-electron chi connectivity index (χ1n) is 4.58.